The van der Waals surface area contributed by atoms with E-state index in [1.807, 2.05) is 45.0 Å². The van der Waals surface area contributed by atoms with E-state index in [4.69, 9.17) is 0 Å². The number of nitrogens with one attached hydrogen (secondary N) is 3. The van der Waals surface area contributed by atoms with E-state index < -0.39 is 0 Å². The smallest absolute Gasteiger partial charge is 0.320 e. The second-order valence-electron chi connectivity index (χ2n) is 7.99. The van der Waals surface area contributed by atoms with Crippen molar-refractivity contribution in [2.45, 2.75) is 39.7 Å². The third-order valence-electron chi connectivity index (χ3n) is 5.89. The predicted molar refractivity (Wildman–Crippen MR) is 147 cm³/mol. The van der Waals surface area contributed by atoms with Crippen molar-refractivity contribution >= 4 is 52.2 Å². The first-order chi connectivity index (χ1) is 17.1. The Labute approximate surface area is 210 Å². The van der Waals surface area contributed by atoms with Gasteiger partial charge in [0.2, 0.25) is 0 Å². The summed E-state index contributed by atoms with van der Waals surface area (Å²) in [4.78, 5) is 21.5. The monoisotopic (exact) mass is 489 g/mol. The number of allylic oxidation sites excluding steroid dienone is 4. The normalized spacial score (nSPS) is 16.9. The van der Waals surface area contributed by atoms with Gasteiger partial charge in [-0.05, 0) is 43.0 Å². The Morgan fingerprint density at radius 2 is 2.09 bits per heavy atom. The number of benzene rings is 1. The summed E-state index contributed by atoms with van der Waals surface area (Å²) in [5.41, 5.74) is 5.99. The Bertz CT molecular complexity index is 1290. The Morgan fingerprint density at radius 1 is 1.26 bits per heavy atom. The maximum absolute atomic E-state index is 12.8. The highest BCUT2D eigenvalue weighted by Crippen LogP contribution is 2.36. The lowest BCUT2D eigenvalue weighted by Crippen LogP contribution is -2.37. The van der Waals surface area contributed by atoms with Gasteiger partial charge in [-0.2, -0.15) is 5.10 Å². The molecule has 2 amide bonds. The van der Waals surface area contributed by atoms with E-state index in [9.17, 15) is 4.79 Å². The number of anilines is 2. The Kier molecular flexibility index (Phi) is 7.87. The molecule has 9 heteroatoms. The molecule has 35 heavy (non-hydrogen) atoms. The number of aliphatic imine (C=N–C) groups is 1. The summed E-state index contributed by atoms with van der Waals surface area (Å²) < 4.78 is 2.25. The quantitative estimate of drug-likeness (QED) is 0.385. The van der Waals surface area contributed by atoms with E-state index in [0.717, 1.165) is 58.5 Å². The van der Waals surface area contributed by atoms with Crippen LogP contribution in [0, 0.1) is 0 Å². The number of nitrogens with zero attached hydrogens (tertiary/aromatic N) is 4. The Morgan fingerprint density at radius 3 is 2.91 bits per heavy atom. The number of H-pyrrole nitrogens is 1. The molecular weight excluding hydrogens is 458 g/mol. The van der Waals surface area contributed by atoms with Gasteiger partial charge in [-0.1, -0.05) is 50.1 Å². The van der Waals surface area contributed by atoms with Gasteiger partial charge in [0.25, 0.3) is 0 Å². The number of carbonyl (C=O) groups is 1. The molecule has 3 aromatic rings. The Hall–Kier alpha value is -3.59. The summed E-state index contributed by atoms with van der Waals surface area (Å²) in [6, 6.07) is 9.68. The second kappa shape index (κ2) is 11.2. The highest BCUT2D eigenvalue weighted by atomic mass is 32.2. The highest BCUT2D eigenvalue weighted by molar-refractivity contribution is 7.99. The molecule has 5 rings (SSSR count). The number of carbonyl (C=O) groups excluding carboxylic acids is 1. The van der Waals surface area contributed by atoms with Crippen molar-refractivity contribution in [3.8, 4) is 0 Å². The van der Waals surface area contributed by atoms with E-state index in [2.05, 4.69) is 59.6 Å². The number of aromatic amines is 1. The number of pyridine rings is 1. The first-order valence-electron chi connectivity index (χ1n) is 11.8. The summed E-state index contributed by atoms with van der Waals surface area (Å²) in [5.74, 6) is 0.470. The van der Waals surface area contributed by atoms with E-state index in [-0.39, 0.29) is 12.1 Å². The van der Waals surface area contributed by atoms with Gasteiger partial charge < -0.3 is 9.62 Å². The minimum Gasteiger partial charge on any atom is -0.331 e. The molecule has 4 heterocycles. The lowest BCUT2D eigenvalue weighted by Gasteiger charge is -2.34. The number of aromatic nitrogens is 3. The van der Waals surface area contributed by atoms with Crippen LogP contribution in [-0.4, -0.2) is 40.2 Å². The maximum Gasteiger partial charge on any atom is 0.320 e. The average molecular weight is 490 g/mol. The molecule has 0 saturated heterocycles. The van der Waals surface area contributed by atoms with Crippen LogP contribution in [0.2, 0.25) is 0 Å². The molecule has 0 fully saturated rings. The van der Waals surface area contributed by atoms with Gasteiger partial charge in [0.15, 0.2) is 0 Å². The zero-order chi connectivity index (χ0) is 24.8. The number of para-hydroxylation sites is 1. The summed E-state index contributed by atoms with van der Waals surface area (Å²) in [5, 5.41) is 14.4. The molecule has 8 nitrogen and oxygen atoms in total. The predicted octanol–water partition coefficient (Wildman–Crippen LogP) is 6.10. The third kappa shape index (κ3) is 5.40. The molecule has 1 aromatic carbocycles. The van der Waals surface area contributed by atoms with Crippen LogP contribution in [0.1, 0.15) is 50.9 Å². The first kappa shape index (κ1) is 24.5. The number of rotatable bonds is 4. The van der Waals surface area contributed by atoms with Gasteiger partial charge in [-0.25, -0.2) is 9.78 Å². The molecule has 182 valence electrons. The van der Waals surface area contributed by atoms with Crippen LogP contribution in [0.3, 0.4) is 0 Å². The fraction of sp³-hybridized carbons (Fsp3) is 0.308. The molecule has 2 aliphatic rings. The lowest BCUT2D eigenvalue weighted by molar-refractivity contribution is 0.247. The topological polar surface area (TPSA) is 98.3 Å². The van der Waals surface area contributed by atoms with Crippen LogP contribution >= 0.6 is 11.9 Å². The highest BCUT2D eigenvalue weighted by Gasteiger charge is 2.26. The van der Waals surface area contributed by atoms with Crippen molar-refractivity contribution in [3.05, 3.63) is 65.6 Å². The number of hydrogen-bond acceptors (Lipinski definition) is 6. The fourth-order valence-corrected chi connectivity index (χ4v) is 4.86. The second-order valence-corrected chi connectivity index (χ2v) is 8.80. The van der Waals surface area contributed by atoms with Gasteiger partial charge in [0, 0.05) is 42.4 Å². The van der Waals surface area contributed by atoms with Crippen LogP contribution in [0.15, 0.2) is 59.4 Å². The van der Waals surface area contributed by atoms with E-state index in [1.165, 1.54) is 0 Å². The van der Waals surface area contributed by atoms with Crippen molar-refractivity contribution in [2.75, 3.05) is 22.4 Å². The number of amides is 2. The number of hydrogen-bond donors (Lipinski definition) is 3. The fourth-order valence-electron chi connectivity index (χ4n) is 4.21. The summed E-state index contributed by atoms with van der Waals surface area (Å²) in [7, 11) is 0. The van der Waals surface area contributed by atoms with Gasteiger partial charge in [0.05, 0.1) is 22.9 Å². The zero-order valence-corrected chi connectivity index (χ0v) is 21.3. The molecule has 1 atom stereocenters. The molecule has 2 aliphatic heterocycles. The molecule has 0 saturated carbocycles. The van der Waals surface area contributed by atoms with Gasteiger partial charge in [-0.15, -0.1) is 0 Å². The van der Waals surface area contributed by atoms with Gasteiger partial charge in [0.1, 0.15) is 5.82 Å². The third-order valence-corrected chi connectivity index (χ3v) is 6.71. The molecule has 0 radical (unpaired) electrons. The lowest BCUT2D eigenvalue weighted by atomic mass is 9.98. The molecule has 1 unspecified atom stereocenters. The minimum atomic E-state index is -0.276. The number of urea groups is 1. The van der Waals surface area contributed by atoms with Crippen LogP contribution in [0.4, 0.5) is 16.3 Å². The summed E-state index contributed by atoms with van der Waals surface area (Å²) >= 11 is 1.70. The average Bonchev–Trinajstić information content (AvgIpc) is 3.18. The van der Waals surface area contributed by atoms with Crippen molar-refractivity contribution in [1.29, 1.82) is 0 Å². The first-order valence-corrected chi connectivity index (χ1v) is 13.0. The minimum absolute atomic E-state index is 0.0487. The largest absolute Gasteiger partial charge is 0.331 e. The van der Waals surface area contributed by atoms with Crippen molar-refractivity contribution in [3.63, 3.8) is 0 Å². The molecule has 0 spiro atoms. The maximum atomic E-state index is 12.8. The van der Waals surface area contributed by atoms with Crippen molar-refractivity contribution < 1.29 is 4.79 Å². The standard InChI is InChI=1S/C24H25N7OS.C2H6/c1-15-7-8-16(9-11-25-15)23-18-14-26-22(13-20(18)29-30-23)28-24(32)27-19-10-12-31(33-2)21-6-4-3-5-17(19)21;1-2/h3-7,9,11,13-14,19H,8,10,12H2,1-2H3,(H,29,30)(H2,26,27,28,32);1-2H3. The van der Waals surface area contributed by atoms with Crippen molar-refractivity contribution in [1.82, 2.24) is 20.5 Å². The van der Waals surface area contributed by atoms with Crippen LogP contribution < -0.4 is 14.9 Å². The Balaban J connectivity index is 0.00000141. The summed E-state index contributed by atoms with van der Waals surface area (Å²) in [6.07, 6.45) is 11.3. The zero-order valence-electron chi connectivity index (χ0n) is 20.5. The van der Waals surface area contributed by atoms with Crippen LogP contribution in [-0.2, 0) is 0 Å². The molecule has 3 N–H and O–H groups in total. The SMILES string of the molecule is CC.CSN1CCC(NC(=O)Nc2cc3[nH]nc(C4=CC=NC(C)=CC4)c3cn2)c2ccccc21. The van der Waals surface area contributed by atoms with E-state index in [1.54, 1.807) is 24.4 Å². The summed E-state index contributed by atoms with van der Waals surface area (Å²) in [6.45, 7) is 6.85. The van der Waals surface area contributed by atoms with E-state index in [0.29, 0.717) is 5.82 Å². The van der Waals surface area contributed by atoms with Crippen LogP contribution in [0.5, 0.6) is 0 Å². The molecule has 0 bridgehead atoms. The van der Waals surface area contributed by atoms with Gasteiger partial charge >= 0.3 is 6.03 Å². The molecule has 2 aromatic heterocycles. The number of fused-ring (bicyclic) bond motifs is 2. The molecular formula is C26H31N7OS. The van der Waals surface area contributed by atoms with Gasteiger partial charge in [-0.3, -0.25) is 15.4 Å². The molecule has 0 aliphatic carbocycles. The van der Waals surface area contributed by atoms with E-state index >= 15 is 0 Å². The van der Waals surface area contributed by atoms with Crippen molar-refractivity contribution in [2.24, 2.45) is 4.99 Å². The van der Waals surface area contributed by atoms with Crippen LogP contribution in [0.25, 0.3) is 16.5 Å².